The largest absolute Gasteiger partial charge is 0.466 e. The molecule has 1 spiro atoms. The summed E-state index contributed by atoms with van der Waals surface area (Å²) in [4.78, 5) is 13.1. The molecule has 3 aromatic rings. The highest BCUT2D eigenvalue weighted by atomic mass is 35.5. The normalized spacial score (nSPS) is 25.6. The third kappa shape index (κ3) is 6.07. The summed E-state index contributed by atoms with van der Waals surface area (Å²) in [5.41, 5.74) is 2.78. The zero-order valence-electron chi connectivity index (χ0n) is 22.1. The van der Waals surface area contributed by atoms with Crippen molar-refractivity contribution in [3.8, 4) is 0 Å². The Morgan fingerprint density at radius 1 is 1.00 bits per heavy atom. The van der Waals surface area contributed by atoms with E-state index in [-0.39, 0.29) is 40.6 Å². The summed E-state index contributed by atoms with van der Waals surface area (Å²) in [5, 5.41) is 0.103. The van der Waals surface area contributed by atoms with Gasteiger partial charge in [0.1, 0.15) is 12.2 Å². The van der Waals surface area contributed by atoms with Crippen LogP contribution in [0.3, 0.4) is 0 Å². The third-order valence-corrected chi connectivity index (χ3v) is 9.23. The number of hydrogen-bond acceptors (Lipinski definition) is 6. The lowest BCUT2D eigenvalue weighted by Crippen LogP contribution is -2.27. The molecule has 0 bridgehead atoms. The average molecular weight is 569 g/mol. The van der Waals surface area contributed by atoms with E-state index in [1.54, 1.807) is 19.1 Å². The summed E-state index contributed by atoms with van der Waals surface area (Å²) >= 11 is 6.33. The molecule has 2 aliphatic rings. The van der Waals surface area contributed by atoms with Gasteiger partial charge in [-0.05, 0) is 54.5 Å². The van der Waals surface area contributed by atoms with E-state index < -0.39 is 21.5 Å². The number of carbonyl (C=O) groups is 1. The van der Waals surface area contributed by atoms with E-state index in [2.05, 4.69) is 24.3 Å². The zero-order valence-corrected chi connectivity index (χ0v) is 23.7. The van der Waals surface area contributed by atoms with Gasteiger partial charge in [0.05, 0.1) is 22.4 Å². The SMILES string of the molecule is CCOC(=O)C(CC1CCC2(C1)OC(c1ccccc1)[C@@H](c1ccccc1)O2)c1ccc(S(C)(=O)=O)c(Cl)c1. The average Bonchev–Trinajstić information content (AvgIpc) is 3.50. The highest BCUT2D eigenvalue weighted by Gasteiger charge is 2.53. The third-order valence-electron chi connectivity index (χ3n) is 7.65. The maximum Gasteiger partial charge on any atom is 0.313 e. The lowest BCUT2D eigenvalue weighted by Gasteiger charge is -2.24. The molecule has 1 aliphatic carbocycles. The minimum absolute atomic E-state index is 0.0435. The van der Waals surface area contributed by atoms with E-state index in [1.165, 1.54) is 6.07 Å². The van der Waals surface area contributed by atoms with Crippen LogP contribution < -0.4 is 0 Å². The van der Waals surface area contributed by atoms with Crippen LogP contribution in [0, 0.1) is 5.92 Å². The van der Waals surface area contributed by atoms with Crippen LogP contribution in [0.25, 0.3) is 0 Å². The van der Waals surface area contributed by atoms with E-state index in [1.807, 2.05) is 36.4 Å². The van der Waals surface area contributed by atoms with Crippen LogP contribution in [0.4, 0.5) is 0 Å². The highest BCUT2D eigenvalue weighted by molar-refractivity contribution is 7.90. The highest BCUT2D eigenvalue weighted by Crippen LogP contribution is 2.55. The molecular weight excluding hydrogens is 536 g/mol. The predicted octanol–water partition coefficient (Wildman–Crippen LogP) is 6.81. The molecule has 39 heavy (non-hydrogen) atoms. The molecule has 0 radical (unpaired) electrons. The summed E-state index contributed by atoms with van der Waals surface area (Å²) in [6.45, 7) is 2.02. The maximum absolute atomic E-state index is 13.1. The maximum atomic E-state index is 13.1. The van der Waals surface area contributed by atoms with Gasteiger partial charge in [0.15, 0.2) is 15.6 Å². The van der Waals surface area contributed by atoms with Gasteiger partial charge in [0.2, 0.25) is 0 Å². The Hall–Kier alpha value is -2.71. The molecule has 5 atom stereocenters. The topological polar surface area (TPSA) is 78.9 Å². The van der Waals surface area contributed by atoms with Gasteiger partial charge in [-0.2, -0.15) is 0 Å². The number of sulfone groups is 1. The first-order valence-corrected chi connectivity index (χ1v) is 15.6. The lowest BCUT2D eigenvalue weighted by atomic mass is 9.87. The Balaban J connectivity index is 1.38. The first-order valence-electron chi connectivity index (χ1n) is 13.3. The van der Waals surface area contributed by atoms with Crippen LogP contribution in [-0.4, -0.2) is 33.0 Å². The molecule has 0 amide bonds. The second kappa shape index (κ2) is 11.4. The Bertz CT molecular complexity index is 1360. The van der Waals surface area contributed by atoms with Crippen molar-refractivity contribution in [2.24, 2.45) is 5.92 Å². The van der Waals surface area contributed by atoms with Crippen molar-refractivity contribution < 1.29 is 27.4 Å². The smallest absolute Gasteiger partial charge is 0.313 e. The van der Waals surface area contributed by atoms with Gasteiger partial charge in [-0.3, -0.25) is 4.79 Å². The van der Waals surface area contributed by atoms with Crippen LogP contribution in [0.1, 0.15) is 67.4 Å². The molecule has 1 heterocycles. The van der Waals surface area contributed by atoms with E-state index in [0.29, 0.717) is 24.8 Å². The molecule has 1 aliphatic heterocycles. The van der Waals surface area contributed by atoms with E-state index in [4.69, 9.17) is 25.8 Å². The first-order chi connectivity index (χ1) is 18.7. The number of halogens is 1. The second-order valence-corrected chi connectivity index (χ2v) is 12.8. The zero-order chi connectivity index (χ0) is 27.6. The minimum Gasteiger partial charge on any atom is -0.466 e. The van der Waals surface area contributed by atoms with Gasteiger partial charge in [-0.15, -0.1) is 0 Å². The molecule has 0 N–H and O–H groups in total. The molecule has 6 nitrogen and oxygen atoms in total. The summed E-state index contributed by atoms with van der Waals surface area (Å²) in [6.07, 6.45) is 3.34. The fraction of sp³-hybridized carbons (Fsp3) is 0.387. The van der Waals surface area contributed by atoms with Crippen LogP contribution >= 0.6 is 11.6 Å². The minimum atomic E-state index is -3.48. The molecule has 5 rings (SSSR count). The Kier molecular flexibility index (Phi) is 8.15. The van der Waals surface area contributed by atoms with Gasteiger partial charge >= 0.3 is 5.97 Å². The Morgan fingerprint density at radius 3 is 2.10 bits per heavy atom. The monoisotopic (exact) mass is 568 g/mol. The number of hydrogen-bond donors (Lipinski definition) is 0. The van der Waals surface area contributed by atoms with E-state index in [0.717, 1.165) is 23.8 Å². The molecule has 206 valence electrons. The van der Waals surface area contributed by atoms with Gasteiger partial charge in [0.25, 0.3) is 0 Å². The molecule has 4 unspecified atom stereocenters. The standard InChI is InChI=1S/C31H33ClO6S/c1-3-36-30(33)25(24-14-15-27(26(32)19-24)39(2,34)35)18-21-16-17-31(20-21)37-28(22-10-6-4-7-11-22)29(38-31)23-12-8-5-9-13-23/h4-15,19,21,25,28-29H,3,16-18,20H2,1-2H3/t21?,25?,28-,29?,31?/m1/s1. The predicted molar refractivity (Wildman–Crippen MR) is 149 cm³/mol. The lowest BCUT2D eigenvalue weighted by molar-refractivity contribution is -0.173. The van der Waals surface area contributed by atoms with Crippen molar-refractivity contribution in [2.45, 2.75) is 61.4 Å². The quantitative estimate of drug-likeness (QED) is 0.278. The molecular formula is C31H33ClO6S. The van der Waals surface area contributed by atoms with Crippen LogP contribution in [0.5, 0.6) is 0 Å². The van der Waals surface area contributed by atoms with E-state index >= 15 is 0 Å². The Labute approximate surface area is 235 Å². The van der Waals surface area contributed by atoms with Crippen LogP contribution in [0.15, 0.2) is 83.8 Å². The van der Waals surface area contributed by atoms with Gasteiger partial charge in [-0.25, -0.2) is 8.42 Å². The van der Waals surface area contributed by atoms with Gasteiger partial charge < -0.3 is 14.2 Å². The fourth-order valence-corrected chi connectivity index (χ4v) is 7.19. The molecule has 2 fully saturated rings. The molecule has 1 saturated heterocycles. The summed E-state index contributed by atoms with van der Waals surface area (Å²) in [6, 6.07) is 25.0. The summed E-state index contributed by atoms with van der Waals surface area (Å²) < 4.78 is 43.0. The number of rotatable bonds is 8. The van der Waals surface area contributed by atoms with Crippen LogP contribution in [-0.2, 0) is 28.8 Å². The van der Waals surface area contributed by atoms with Crippen molar-refractivity contribution >= 4 is 27.4 Å². The second-order valence-electron chi connectivity index (χ2n) is 10.4. The van der Waals surface area contributed by atoms with Gasteiger partial charge in [0, 0.05) is 19.1 Å². The summed E-state index contributed by atoms with van der Waals surface area (Å²) in [5.74, 6) is -1.53. The van der Waals surface area contributed by atoms with Crippen molar-refractivity contribution in [3.05, 3.63) is 101 Å². The van der Waals surface area contributed by atoms with Crippen molar-refractivity contribution in [2.75, 3.05) is 12.9 Å². The van der Waals surface area contributed by atoms with Crippen LogP contribution in [0.2, 0.25) is 5.02 Å². The Morgan fingerprint density at radius 2 is 1.59 bits per heavy atom. The van der Waals surface area contributed by atoms with Crippen molar-refractivity contribution in [3.63, 3.8) is 0 Å². The summed E-state index contributed by atoms with van der Waals surface area (Å²) in [7, 11) is -3.48. The number of benzene rings is 3. The molecule has 3 aromatic carbocycles. The molecule has 0 aromatic heterocycles. The number of esters is 1. The molecule has 8 heteroatoms. The van der Waals surface area contributed by atoms with Crippen molar-refractivity contribution in [1.29, 1.82) is 0 Å². The first kappa shape index (κ1) is 27.8. The van der Waals surface area contributed by atoms with Crippen molar-refractivity contribution in [1.82, 2.24) is 0 Å². The number of ether oxygens (including phenoxy) is 3. The fourth-order valence-electron chi connectivity index (χ4n) is 5.85. The number of carbonyl (C=O) groups excluding carboxylic acids is 1. The molecule has 1 saturated carbocycles. The van der Waals surface area contributed by atoms with E-state index in [9.17, 15) is 13.2 Å². The van der Waals surface area contributed by atoms with Gasteiger partial charge in [-0.1, -0.05) is 78.3 Å².